The Morgan fingerprint density at radius 2 is 2.06 bits per heavy atom. The topological polar surface area (TPSA) is 94.8 Å². The number of aromatic nitrogens is 5. The van der Waals surface area contributed by atoms with Crippen molar-refractivity contribution in [2.24, 2.45) is 7.05 Å². The molecule has 8 nitrogen and oxygen atoms in total. The molecule has 1 saturated carbocycles. The van der Waals surface area contributed by atoms with E-state index >= 15 is 0 Å². The van der Waals surface area contributed by atoms with Gasteiger partial charge in [0.05, 0.1) is 5.75 Å². The summed E-state index contributed by atoms with van der Waals surface area (Å²) in [5.74, 6) is 1.94. The number of hydrogen-bond acceptors (Lipinski definition) is 8. The maximum atomic E-state index is 12.4. The van der Waals surface area contributed by atoms with Crippen LogP contribution in [0.5, 0.6) is 5.75 Å². The molecule has 1 aliphatic carbocycles. The summed E-state index contributed by atoms with van der Waals surface area (Å²) in [6, 6.07) is 5.50. The smallest absolute Gasteiger partial charge is 0.236 e. The zero-order valence-electron chi connectivity index (χ0n) is 18.0. The van der Waals surface area contributed by atoms with Gasteiger partial charge in [0.15, 0.2) is 11.0 Å². The first-order valence-electron chi connectivity index (χ1n) is 10.5. The molecule has 1 fully saturated rings. The average Bonchev–Trinajstić information content (AvgIpc) is 3.40. The van der Waals surface area contributed by atoms with Gasteiger partial charge in [-0.1, -0.05) is 54.0 Å². The van der Waals surface area contributed by atoms with Crippen LogP contribution in [0.15, 0.2) is 23.4 Å². The minimum Gasteiger partial charge on any atom is -0.486 e. The lowest BCUT2D eigenvalue weighted by atomic mass is 9.90. The van der Waals surface area contributed by atoms with Gasteiger partial charge in [-0.25, -0.2) is 0 Å². The fourth-order valence-corrected chi connectivity index (χ4v) is 5.31. The number of carbonyl (C=O) groups excluding carboxylic acids is 1. The van der Waals surface area contributed by atoms with Crippen LogP contribution in [0.4, 0.5) is 5.13 Å². The van der Waals surface area contributed by atoms with Crippen molar-refractivity contribution in [2.45, 2.75) is 56.7 Å². The van der Waals surface area contributed by atoms with Gasteiger partial charge >= 0.3 is 0 Å². The standard InChI is InChI=1S/C21H25ClN6O2S2/c1-13-10-15(8-9-16(13)22)30-11-17-24-27-21(28(17)2)31-12-18(29)23-20-26-25-19(32-20)14-6-4-3-5-7-14/h8-10,14H,3-7,11-12H2,1-2H3,(H,23,26,29). The highest BCUT2D eigenvalue weighted by molar-refractivity contribution is 7.99. The Kier molecular flexibility index (Phi) is 7.64. The van der Waals surface area contributed by atoms with Crippen molar-refractivity contribution in [1.29, 1.82) is 0 Å². The van der Waals surface area contributed by atoms with E-state index in [9.17, 15) is 4.79 Å². The number of amides is 1. The molecule has 170 valence electrons. The largest absolute Gasteiger partial charge is 0.486 e. The third-order valence-electron chi connectivity index (χ3n) is 5.40. The molecule has 1 aromatic carbocycles. The summed E-state index contributed by atoms with van der Waals surface area (Å²) in [6.45, 7) is 2.20. The molecule has 1 aliphatic rings. The number of aryl methyl sites for hydroxylation is 1. The minimum absolute atomic E-state index is 0.140. The van der Waals surface area contributed by atoms with Crippen molar-refractivity contribution in [2.75, 3.05) is 11.1 Å². The summed E-state index contributed by atoms with van der Waals surface area (Å²) in [6.07, 6.45) is 6.11. The fraction of sp³-hybridized carbons (Fsp3) is 0.476. The molecular weight excluding hydrogens is 468 g/mol. The van der Waals surface area contributed by atoms with Crippen LogP contribution in [0.3, 0.4) is 0 Å². The van der Waals surface area contributed by atoms with Gasteiger partial charge in [-0.15, -0.1) is 20.4 Å². The number of nitrogens with one attached hydrogen (secondary N) is 1. The molecule has 0 atom stereocenters. The van der Waals surface area contributed by atoms with Crippen LogP contribution in [0.2, 0.25) is 5.02 Å². The van der Waals surface area contributed by atoms with E-state index < -0.39 is 0 Å². The Morgan fingerprint density at radius 1 is 1.25 bits per heavy atom. The fourth-order valence-electron chi connectivity index (χ4n) is 3.54. The van der Waals surface area contributed by atoms with Crippen molar-refractivity contribution in [3.63, 3.8) is 0 Å². The summed E-state index contributed by atoms with van der Waals surface area (Å²) in [5, 5.41) is 22.6. The number of nitrogens with zero attached hydrogens (tertiary/aromatic N) is 5. The number of halogens is 1. The van der Waals surface area contributed by atoms with Crippen LogP contribution in [0.1, 0.15) is 54.4 Å². The first kappa shape index (κ1) is 23.0. The van der Waals surface area contributed by atoms with Crippen molar-refractivity contribution < 1.29 is 9.53 Å². The lowest BCUT2D eigenvalue weighted by molar-refractivity contribution is -0.113. The normalized spacial score (nSPS) is 14.5. The van der Waals surface area contributed by atoms with Gasteiger partial charge in [-0.05, 0) is 43.5 Å². The second kappa shape index (κ2) is 10.6. The Morgan fingerprint density at radius 3 is 2.84 bits per heavy atom. The Labute approximate surface area is 200 Å². The first-order valence-corrected chi connectivity index (χ1v) is 12.7. The summed E-state index contributed by atoms with van der Waals surface area (Å²) >= 11 is 8.85. The Hall–Kier alpha value is -2.17. The lowest BCUT2D eigenvalue weighted by Crippen LogP contribution is -2.14. The first-order chi connectivity index (χ1) is 15.5. The molecule has 11 heteroatoms. The molecule has 32 heavy (non-hydrogen) atoms. The monoisotopic (exact) mass is 492 g/mol. The molecule has 4 rings (SSSR count). The number of carbonyl (C=O) groups is 1. The number of hydrogen-bond donors (Lipinski definition) is 1. The summed E-state index contributed by atoms with van der Waals surface area (Å²) < 4.78 is 7.62. The van der Waals surface area contributed by atoms with Gasteiger partial charge in [0.1, 0.15) is 17.4 Å². The zero-order valence-corrected chi connectivity index (χ0v) is 20.4. The summed E-state index contributed by atoms with van der Waals surface area (Å²) in [4.78, 5) is 12.4. The molecule has 1 N–H and O–H groups in total. The quantitative estimate of drug-likeness (QED) is 0.443. The molecule has 1 amide bonds. The molecule has 0 bridgehead atoms. The van der Waals surface area contributed by atoms with Crippen LogP contribution in [0, 0.1) is 6.92 Å². The number of benzene rings is 1. The van der Waals surface area contributed by atoms with Gasteiger partial charge < -0.3 is 9.30 Å². The SMILES string of the molecule is Cc1cc(OCc2nnc(SCC(=O)Nc3nnc(C4CCCCC4)s3)n2C)ccc1Cl. The second-order valence-corrected chi connectivity index (χ2v) is 10.1. The van der Waals surface area contributed by atoms with Crippen molar-refractivity contribution in [3.05, 3.63) is 39.6 Å². The molecule has 0 saturated heterocycles. The third-order valence-corrected chi connectivity index (χ3v) is 7.84. The minimum atomic E-state index is -0.140. The predicted molar refractivity (Wildman–Crippen MR) is 127 cm³/mol. The predicted octanol–water partition coefficient (Wildman–Crippen LogP) is 4.99. The second-order valence-electron chi connectivity index (χ2n) is 7.77. The number of anilines is 1. The van der Waals surface area contributed by atoms with Crippen LogP contribution in [-0.4, -0.2) is 36.6 Å². The molecule has 2 heterocycles. The number of thioether (sulfide) groups is 1. The maximum Gasteiger partial charge on any atom is 0.236 e. The molecule has 0 spiro atoms. The van der Waals surface area contributed by atoms with Gasteiger partial charge in [-0.2, -0.15) is 0 Å². The van der Waals surface area contributed by atoms with E-state index in [2.05, 4.69) is 25.7 Å². The van der Waals surface area contributed by atoms with E-state index in [1.807, 2.05) is 30.7 Å². The summed E-state index contributed by atoms with van der Waals surface area (Å²) in [7, 11) is 1.85. The molecule has 0 radical (unpaired) electrons. The van der Waals surface area contributed by atoms with E-state index in [0.717, 1.165) is 23.4 Å². The molecule has 0 unspecified atom stereocenters. The van der Waals surface area contributed by atoms with E-state index in [-0.39, 0.29) is 18.3 Å². The van der Waals surface area contributed by atoms with Crippen LogP contribution >= 0.6 is 34.7 Å². The zero-order chi connectivity index (χ0) is 22.5. The van der Waals surface area contributed by atoms with Crippen molar-refractivity contribution in [1.82, 2.24) is 25.0 Å². The molecule has 0 aliphatic heterocycles. The Balaban J connectivity index is 1.26. The highest BCUT2D eigenvalue weighted by Gasteiger charge is 2.20. The Bertz CT molecular complexity index is 1080. The van der Waals surface area contributed by atoms with E-state index in [4.69, 9.17) is 16.3 Å². The third kappa shape index (κ3) is 5.79. The lowest BCUT2D eigenvalue weighted by Gasteiger charge is -2.18. The van der Waals surface area contributed by atoms with Gasteiger partial charge in [-0.3, -0.25) is 10.1 Å². The van der Waals surface area contributed by atoms with E-state index in [1.165, 1.54) is 42.4 Å². The van der Waals surface area contributed by atoms with Crippen LogP contribution in [-0.2, 0) is 18.4 Å². The van der Waals surface area contributed by atoms with E-state index in [0.29, 0.717) is 32.8 Å². The van der Waals surface area contributed by atoms with Gasteiger partial charge in [0.25, 0.3) is 0 Å². The van der Waals surface area contributed by atoms with Crippen molar-refractivity contribution in [3.8, 4) is 5.75 Å². The maximum absolute atomic E-state index is 12.4. The van der Waals surface area contributed by atoms with Crippen LogP contribution < -0.4 is 10.1 Å². The number of rotatable bonds is 8. The van der Waals surface area contributed by atoms with Gasteiger partial charge in [0.2, 0.25) is 11.0 Å². The molecule has 2 aromatic heterocycles. The van der Waals surface area contributed by atoms with E-state index in [1.54, 1.807) is 6.07 Å². The highest BCUT2D eigenvalue weighted by atomic mass is 35.5. The van der Waals surface area contributed by atoms with Crippen LogP contribution in [0.25, 0.3) is 0 Å². The van der Waals surface area contributed by atoms with Crippen molar-refractivity contribution >= 4 is 45.7 Å². The molecular formula is C21H25ClN6O2S2. The number of ether oxygens (including phenoxy) is 1. The molecule has 3 aromatic rings. The summed E-state index contributed by atoms with van der Waals surface area (Å²) in [5.41, 5.74) is 0.950. The van der Waals surface area contributed by atoms with Gasteiger partial charge in [0, 0.05) is 18.0 Å². The highest BCUT2D eigenvalue weighted by Crippen LogP contribution is 2.35. The average molecular weight is 493 g/mol.